The van der Waals surface area contributed by atoms with Gasteiger partial charge >= 0.3 is 5.97 Å². The van der Waals surface area contributed by atoms with Gasteiger partial charge in [0.2, 0.25) is 10.0 Å². The number of carboxylic acids is 1. The van der Waals surface area contributed by atoms with Crippen molar-refractivity contribution < 1.29 is 18.3 Å². The lowest BCUT2D eigenvalue weighted by atomic mass is 10.3. The Hall–Kier alpha value is -1.38. The molecule has 1 aliphatic rings. The molecule has 1 saturated heterocycles. The van der Waals surface area contributed by atoms with Gasteiger partial charge < -0.3 is 14.6 Å². The van der Waals surface area contributed by atoms with Gasteiger partial charge in [0.15, 0.2) is 0 Å². The van der Waals surface area contributed by atoms with Crippen LogP contribution in [0.3, 0.4) is 0 Å². The molecule has 2 rings (SSSR count). The molecular formula is C12H19N3O4S. The molecule has 2 heterocycles. The average Bonchev–Trinajstić information content (AvgIpc) is 2.84. The molecule has 0 bridgehead atoms. The Morgan fingerprint density at radius 2 is 1.95 bits per heavy atom. The summed E-state index contributed by atoms with van der Waals surface area (Å²) >= 11 is 0. The molecule has 0 aromatic carbocycles. The standard InChI is InChI=1S/C12H19N3O4S/c1-13-4-2-11(10-13)20(18,19)15-8-6-14(7-9-15)5-3-12(16)17/h2,4,10H,3,5-9H2,1H3,(H,16,17). The van der Waals surface area contributed by atoms with E-state index in [-0.39, 0.29) is 6.42 Å². The number of sulfonamides is 1. The Balaban J connectivity index is 1.95. The van der Waals surface area contributed by atoms with Crippen LogP contribution in [-0.4, -0.2) is 66.0 Å². The van der Waals surface area contributed by atoms with Crippen molar-refractivity contribution in [2.24, 2.45) is 7.05 Å². The normalized spacial score (nSPS) is 18.2. The van der Waals surface area contributed by atoms with E-state index in [1.807, 2.05) is 4.90 Å². The van der Waals surface area contributed by atoms with Crippen LogP contribution >= 0.6 is 0 Å². The summed E-state index contributed by atoms with van der Waals surface area (Å²) in [5.74, 6) is -0.829. The number of carbonyl (C=O) groups is 1. The molecule has 1 aromatic heterocycles. The van der Waals surface area contributed by atoms with Gasteiger partial charge in [-0.3, -0.25) is 4.79 Å². The van der Waals surface area contributed by atoms with Crippen LogP contribution in [0.15, 0.2) is 23.4 Å². The van der Waals surface area contributed by atoms with Crippen LogP contribution < -0.4 is 0 Å². The fourth-order valence-electron chi connectivity index (χ4n) is 2.23. The molecule has 1 aromatic rings. The first-order valence-electron chi connectivity index (χ1n) is 6.46. The maximum Gasteiger partial charge on any atom is 0.304 e. The van der Waals surface area contributed by atoms with Crippen LogP contribution in [0, 0.1) is 0 Å². The lowest BCUT2D eigenvalue weighted by molar-refractivity contribution is -0.137. The van der Waals surface area contributed by atoms with Crippen molar-refractivity contribution >= 4 is 16.0 Å². The number of nitrogens with zero attached hydrogens (tertiary/aromatic N) is 3. The van der Waals surface area contributed by atoms with Gasteiger partial charge in [-0.25, -0.2) is 8.42 Å². The van der Waals surface area contributed by atoms with E-state index in [1.54, 1.807) is 30.1 Å². The smallest absolute Gasteiger partial charge is 0.304 e. The van der Waals surface area contributed by atoms with Gasteiger partial charge in [-0.05, 0) is 6.07 Å². The first-order valence-corrected chi connectivity index (χ1v) is 7.90. The zero-order valence-corrected chi connectivity index (χ0v) is 12.2. The highest BCUT2D eigenvalue weighted by molar-refractivity contribution is 7.89. The Bertz CT molecular complexity index is 573. The third-order valence-electron chi connectivity index (χ3n) is 3.42. The number of piperazine rings is 1. The lowest BCUT2D eigenvalue weighted by Crippen LogP contribution is -2.48. The summed E-state index contributed by atoms with van der Waals surface area (Å²) in [4.78, 5) is 12.8. The Morgan fingerprint density at radius 1 is 1.30 bits per heavy atom. The third kappa shape index (κ3) is 3.38. The van der Waals surface area contributed by atoms with E-state index < -0.39 is 16.0 Å². The molecule has 0 spiro atoms. The average molecular weight is 301 g/mol. The number of aryl methyl sites for hydroxylation is 1. The minimum Gasteiger partial charge on any atom is -0.481 e. The van der Waals surface area contributed by atoms with Crippen LogP contribution in [0.1, 0.15) is 6.42 Å². The predicted molar refractivity (Wildman–Crippen MR) is 72.9 cm³/mol. The molecule has 8 heteroatoms. The van der Waals surface area contributed by atoms with E-state index in [4.69, 9.17) is 5.11 Å². The molecule has 0 unspecified atom stereocenters. The second-order valence-corrected chi connectivity index (χ2v) is 6.84. The summed E-state index contributed by atoms with van der Waals surface area (Å²) in [6, 6.07) is 1.59. The summed E-state index contributed by atoms with van der Waals surface area (Å²) in [6.07, 6.45) is 3.38. The van der Waals surface area contributed by atoms with Gasteiger partial charge in [0.25, 0.3) is 0 Å². The highest BCUT2D eigenvalue weighted by atomic mass is 32.2. The van der Waals surface area contributed by atoms with E-state index in [1.165, 1.54) is 4.31 Å². The number of aromatic nitrogens is 1. The first kappa shape index (κ1) is 15.0. The summed E-state index contributed by atoms with van der Waals surface area (Å²) in [6.45, 7) is 2.40. The molecule has 0 amide bonds. The van der Waals surface area contributed by atoms with Crippen molar-refractivity contribution in [2.75, 3.05) is 32.7 Å². The highest BCUT2D eigenvalue weighted by Crippen LogP contribution is 2.17. The van der Waals surface area contributed by atoms with Crippen LogP contribution in [0.25, 0.3) is 0 Å². The molecular weight excluding hydrogens is 282 g/mol. The number of hydrogen-bond acceptors (Lipinski definition) is 4. The molecule has 20 heavy (non-hydrogen) atoms. The molecule has 0 atom stereocenters. The quantitative estimate of drug-likeness (QED) is 0.815. The number of carboxylic acid groups (broad SMARTS) is 1. The minimum absolute atomic E-state index is 0.0887. The van der Waals surface area contributed by atoms with Gasteiger partial charge in [-0.15, -0.1) is 0 Å². The van der Waals surface area contributed by atoms with Gasteiger partial charge in [0.05, 0.1) is 11.3 Å². The van der Waals surface area contributed by atoms with Crippen LogP contribution in [-0.2, 0) is 21.9 Å². The molecule has 1 fully saturated rings. The highest BCUT2D eigenvalue weighted by Gasteiger charge is 2.28. The SMILES string of the molecule is Cn1ccc(S(=O)(=O)N2CCN(CCC(=O)O)CC2)c1. The second kappa shape index (κ2) is 5.94. The molecule has 112 valence electrons. The Morgan fingerprint density at radius 3 is 2.45 bits per heavy atom. The van der Waals surface area contributed by atoms with Crippen molar-refractivity contribution in [1.29, 1.82) is 0 Å². The van der Waals surface area contributed by atoms with E-state index in [0.717, 1.165) is 0 Å². The zero-order chi connectivity index (χ0) is 14.8. The van der Waals surface area contributed by atoms with Crippen LogP contribution in [0.5, 0.6) is 0 Å². The van der Waals surface area contributed by atoms with Crippen LogP contribution in [0.2, 0.25) is 0 Å². The fourth-order valence-corrected chi connectivity index (χ4v) is 3.70. The number of rotatable bonds is 5. The van der Waals surface area contributed by atoms with E-state index in [2.05, 4.69) is 0 Å². The molecule has 1 aliphatic heterocycles. The van der Waals surface area contributed by atoms with E-state index in [9.17, 15) is 13.2 Å². The minimum atomic E-state index is -3.43. The largest absolute Gasteiger partial charge is 0.481 e. The molecule has 7 nitrogen and oxygen atoms in total. The molecule has 0 saturated carbocycles. The summed E-state index contributed by atoms with van der Waals surface area (Å²) in [7, 11) is -1.65. The predicted octanol–water partition coefficient (Wildman–Crippen LogP) is -0.194. The fraction of sp³-hybridized carbons (Fsp3) is 0.583. The summed E-state index contributed by atoms with van der Waals surface area (Å²) in [5.41, 5.74) is 0. The van der Waals surface area contributed by atoms with Crippen molar-refractivity contribution in [3.8, 4) is 0 Å². The summed E-state index contributed by atoms with van der Waals surface area (Å²) in [5, 5.41) is 8.64. The maximum absolute atomic E-state index is 12.4. The van der Waals surface area contributed by atoms with Gasteiger partial charge in [-0.2, -0.15) is 4.31 Å². The maximum atomic E-state index is 12.4. The Kier molecular flexibility index (Phi) is 4.46. The van der Waals surface area contributed by atoms with Crippen molar-refractivity contribution in [1.82, 2.24) is 13.8 Å². The Labute approximate surface area is 118 Å². The summed E-state index contributed by atoms with van der Waals surface area (Å²) < 4.78 is 27.9. The molecule has 1 N–H and O–H groups in total. The second-order valence-electron chi connectivity index (χ2n) is 4.90. The van der Waals surface area contributed by atoms with E-state index >= 15 is 0 Å². The third-order valence-corrected chi connectivity index (χ3v) is 5.30. The van der Waals surface area contributed by atoms with Gasteiger partial charge in [0.1, 0.15) is 0 Å². The number of aliphatic carboxylic acids is 1. The lowest BCUT2D eigenvalue weighted by Gasteiger charge is -2.33. The van der Waals surface area contributed by atoms with Crippen molar-refractivity contribution in [3.63, 3.8) is 0 Å². The van der Waals surface area contributed by atoms with Crippen molar-refractivity contribution in [2.45, 2.75) is 11.3 Å². The first-order chi connectivity index (χ1) is 9.39. The van der Waals surface area contributed by atoms with Gasteiger partial charge in [-0.1, -0.05) is 0 Å². The zero-order valence-electron chi connectivity index (χ0n) is 11.4. The topological polar surface area (TPSA) is 82.9 Å². The monoisotopic (exact) mass is 301 g/mol. The van der Waals surface area contributed by atoms with Crippen molar-refractivity contribution in [3.05, 3.63) is 18.5 Å². The molecule has 0 aliphatic carbocycles. The van der Waals surface area contributed by atoms with Gasteiger partial charge in [0, 0.05) is 52.2 Å². The number of hydrogen-bond donors (Lipinski definition) is 1. The van der Waals surface area contributed by atoms with Crippen LogP contribution in [0.4, 0.5) is 0 Å². The molecule has 0 radical (unpaired) electrons. The van der Waals surface area contributed by atoms with E-state index in [0.29, 0.717) is 37.6 Å².